The van der Waals surface area contributed by atoms with Crippen LogP contribution in [0.4, 0.5) is 9.59 Å². The number of hydrogen-bond donors (Lipinski definition) is 1. The molecule has 0 aromatic rings. The molecule has 1 radical (unpaired) electrons. The molecule has 1 heterocycles. The van der Waals surface area contributed by atoms with Crippen LogP contribution in [-0.2, 0) is 13.9 Å². The maximum Gasteiger partial charge on any atom is 0.410 e. The smallest absolute Gasteiger partial charge is 0.410 e. The van der Waals surface area contributed by atoms with Crippen molar-refractivity contribution in [3.63, 3.8) is 0 Å². The summed E-state index contributed by atoms with van der Waals surface area (Å²) < 4.78 is 16.4. The monoisotopic (exact) mass is 397 g/mol. The van der Waals surface area contributed by atoms with Crippen molar-refractivity contribution in [3.05, 3.63) is 25.3 Å². The van der Waals surface area contributed by atoms with E-state index in [0.717, 1.165) is 0 Å². The molecule has 0 aliphatic carbocycles. The van der Waals surface area contributed by atoms with Crippen molar-refractivity contribution in [2.75, 3.05) is 26.4 Å². The normalized spacial score (nSPS) is 22.4. The molecule has 1 saturated heterocycles. The largest absolute Gasteiger partial charge is 0.445 e. The molecule has 0 spiro atoms. The highest BCUT2D eigenvalue weighted by Gasteiger charge is 2.56. The van der Waals surface area contributed by atoms with E-state index in [9.17, 15) is 9.59 Å². The lowest BCUT2D eigenvalue weighted by Crippen LogP contribution is -2.59. The Bertz CT molecular complexity index is 547. The molecule has 0 aromatic carbocycles. The molecule has 0 bridgehead atoms. The number of likely N-dealkylation sites (tertiary alicyclic amines) is 1. The summed E-state index contributed by atoms with van der Waals surface area (Å²) in [5.74, 6) is 0. The number of amides is 2. The molecule has 0 saturated carbocycles. The van der Waals surface area contributed by atoms with E-state index in [2.05, 4.69) is 52.3 Å². The molecule has 2 atom stereocenters. The van der Waals surface area contributed by atoms with E-state index in [-0.39, 0.29) is 24.7 Å². The van der Waals surface area contributed by atoms with Crippen molar-refractivity contribution < 1.29 is 23.5 Å². The Morgan fingerprint density at radius 2 is 1.81 bits per heavy atom. The number of nitrogens with one attached hydrogen (secondary N) is 1. The van der Waals surface area contributed by atoms with E-state index in [1.165, 1.54) is 12.2 Å². The van der Waals surface area contributed by atoms with Crippen LogP contribution in [0.3, 0.4) is 0 Å². The number of carbonyl (C=O) groups excluding carboxylic acids is 2. The van der Waals surface area contributed by atoms with Gasteiger partial charge in [0.15, 0.2) is 0 Å². The standard InChI is InChI=1S/C19H33N2O5Si/c1-8-10-24-16(22)20-15-12-19(18(3,4)5,14-26-27(6)7)21(13-15)17(23)25-11-9-2/h8-9,15H,1-2,10-14H2,3-7H3,(H,20,22)/t15-,19+/m0/s1. The highest BCUT2D eigenvalue weighted by atomic mass is 28.3. The number of hydrogen-bond acceptors (Lipinski definition) is 5. The lowest BCUT2D eigenvalue weighted by Gasteiger charge is -2.47. The Balaban J connectivity index is 3.10. The summed E-state index contributed by atoms with van der Waals surface area (Å²) in [5, 5.41) is 2.84. The van der Waals surface area contributed by atoms with Crippen molar-refractivity contribution in [3.8, 4) is 0 Å². The van der Waals surface area contributed by atoms with Crippen LogP contribution >= 0.6 is 0 Å². The average molecular weight is 398 g/mol. The van der Waals surface area contributed by atoms with Crippen molar-refractivity contribution in [2.45, 2.75) is 51.9 Å². The Hall–Kier alpha value is -1.80. The first-order chi connectivity index (χ1) is 12.6. The van der Waals surface area contributed by atoms with Gasteiger partial charge in [-0.1, -0.05) is 46.1 Å². The first kappa shape index (κ1) is 23.2. The van der Waals surface area contributed by atoms with Crippen LogP contribution in [0.1, 0.15) is 27.2 Å². The lowest BCUT2D eigenvalue weighted by atomic mass is 9.72. The Labute approximate surface area is 164 Å². The van der Waals surface area contributed by atoms with Crippen molar-refractivity contribution in [1.82, 2.24) is 10.2 Å². The third-order valence-corrected chi connectivity index (χ3v) is 5.42. The fourth-order valence-corrected chi connectivity index (χ4v) is 3.73. The van der Waals surface area contributed by atoms with Gasteiger partial charge in [-0.2, -0.15) is 0 Å². The maximum atomic E-state index is 12.8. The molecule has 1 aliphatic heterocycles. The summed E-state index contributed by atoms with van der Waals surface area (Å²) in [6.45, 7) is 18.4. The zero-order chi connectivity index (χ0) is 20.7. The molecule has 8 heteroatoms. The third kappa shape index (κ3) is 6.10. The first-order valence-electron chi connectivity index (χ1n) is 9.10. The van der Waals surface area contributed by atoms with Crippen molar-refractivity contribution in [1.29, 1.82) is 0 Å². The third-order valence-electron chi connectivity index (χ3n) is 4.70. The van der Waals surface area contributed by atoms with Crippen molar-refractivity contribution in [2.24, 2.45) is 5.41 Å². The highest BCUT2D eigenvalue weighted by Crippen LogP contribution is 2.44. The van der Waals surface area contributed by atoms with Gasteiger partial charge in [0.05, 0.1) is 18.2 Å². The summed E-state index contributed by atoms with van der Waals surface area (Å²) >= 11 is 0. The van der Waals surface area contributed by atoms with Crippen LogP contribution < -0.4 is 5.32 Å². The maximum absolute atomic E-state index is 12.8. The molecular weight excluding hydrogens is 364 g/mol. The second kappa shape index (κ2) is 9.94. The Morgan fingerprint density at radius 3 is 2.33 bits per heavy atom. The second-order valence-electron chi connectivity index (χ2n) is 7.89. The molecule has 1 N–H and O–H groups in total. The van der Waals surface area contributed by atoms with E-state index in [1.54, 1.807) is 4.90 Å². The topological polar surface area (TPSA) is 77.1 Å². The summed E-state index contributed by atoms with van der Waals surface area (Å²) in [4.78, 5) is 26.4. The van der Waals surface area contributed by atoms with Gasteiger partial charge in [-0.3, -0.25) is 4.90 Å². The van der Waals surface area contributed by atoms with Crippen LogP contribution in [-0.4, -0.2) is 64.1 Å². The molecule has 1 fully saturated rings. The number of nitrogens with zero attached hydrogens (tertiary/aromatic N) is 1. The van der Waals surface area contributed by atoms with Gasteiger partial charge in [-0.15, -0.1) is 0 Å². The molecule has 1 rings (SSSR count). The average Bonchev–Trinajstić information content (AvgIpc) is 2.95. The van der Waals surface area contributed by atoms with Crippen LogP contribution in [0.2, 0.25) is 13.1 Å². The minimum atomic E-state index is -0.954. The molecule has 0 aromatic heterocycles. The summed E-state index contributed by atoms with van der Waals surface area (Å²) in [7, 11) is -0.954. The van der Waals surface area contributed by atoms with Gasteiger partial charge in [0.2, 0.25) is 9.04 Å². The fraction of sp³-hybridized carbons (Fsp3) is 0.684. The number of ether oxygens (including phenoxy) is 2. The van der Waals surface area contributed by atoms with E-state index < -0.39 is 26.8 Å². The number of rotatable bonds is 8. The van der Waals surface area contributed by atoms with Gasteiger partial charge < -0.3 is 19.2 Å². The minimum absolute atomic E-state index is 0.131. The van der Waals surface area contributed by atoms with Crippen LogP contribution in [0.5, 0.6) is 0 Å². The van der Waals surface area contributed by atoms with Crippen LogP contribution in [0.15, 0.2) is 25.3 Å². The van der Waals surface area contributed by atoms with Gasteiger partial charge in [0.25, 0.3) is 0 Å². The molecule has 0 unspecified atom stereocenters. The quantitative estimate of drug-likeness (QED) is 0.502. The zero-order valence-corrected chi connectivity index (χ0v) is 18.2. The van der Waals surface area contributed by atoms with E-state index in [4.69, 9.17) is 13.9 Å². The molecule has 27 heavy (non-hydrogen) atoms. The van der Waals surface area contributed by atoms with E-state index in [0.29, 0.717) is 19.6 Å². The Morgan fingerprint density at radius 1 is 1.22 bits per heavy atom. The Kier molecular flexibility index (Phi) is 8.55. The van der Waals surface area contributed by atoms with Gasteiger partial charge in [-0.25, -0.2) is 9.59 Å². The van der Waals surface area contributed by atoms with Gasteiger partial charge in [0, 0.05) is 6.54 Å². The van der Waals surface area contributed by atoms with Crippen molar-refractivity contribution >= 4 is 21.2 Å². The highest BCUT2D eigenvalue weighted by molar-refractivity contribution is 6.48. The van der Waals surface area contributed by atoms with Gasteiger partial charge in [0.1, 0.15) is 13.2 Å². The van der Waals surface area contributed by atoms with Crippen LogP contribution in [0.25, 0.3) is 0 Å². The summed E-state index contributed by atoms with van der Waals surface area (Å²) in [6.07, 6.45) is 2.63. The van der Waals surface area contributed by atoms with E-state index in [1.807, 2.05) is 0 Å². The number of carbonyl (C=O) groups is 2. The minimum Gasteiger partial charge on any atom is -0.445 e. The molecule has 1 aliphatic rings. The fourth-order valence-electron chi connectivity index (χ4n) is 3.20. The summed E-state index contributed by atoms with van der Waals surface area (Å²) in [5.41, 5.74) is -0.900. The van der Waals surface area contributed by atoms with Crippen LogP contribution in [0, 0.1) is 5.41 Å². The lowest BCUT2D eigenvalue weighted by molar-refractivity contribution is -0.0118. The second-order valence-corrected chi connectivity index (χ2v) is 9.99. The molecule has 7 nitrogen and oxygen atoms in total. The zero-order valence-electron chi connectivity index (χ0n) is 17.2. The number of alkyl carbamates (subject to hydrolysis) is 1. The SMILES string of the molecule is C=CCOC(=O)N[C@@H]1CN(C(=O)OCC=C)[C@](CO[Si](C)C)(C(C)(C)C)C1. The van der Waals surface area contributed by atoms with E-state index >= 15 is 0 Å². The molecule has 153 valence electrons. The predicted molar refractivity (Wildman–Crippen MR) is 107 cm³/mol. The molecule has 2 amide bonds. The summed E-state index contributed by atoms with van der Waals surface area (Å²) in [6, 6.07) is -0.259. The van der Waals surface area contributed by atoms with Gasteiger partial charge in [-0.05, 0) is 24.9 Å². The molecular formula is C19H33N2O5Si. The first-order valence-corrected chi connectivity index (χ1v) is 11.5. The predicted octanol–water partition coefficient (Wildman–Crippen LogP) is 3.35. The van der Waals surface area contributed by atoms with Gasteiger partial charge >= 0.3 is 12.2 Å².